The van der Waals surface area contributed by atoms with Gasteiger partial charge < -0.3 is 20.7 Å². The highest BCUT2D eigenvalue weighted by Gasteiger charge is 2.27. The van der Waals surface area contributed by atoms with E-state index in [1.165, 1.54) is 12.5 Å². The molecule has 4 N–H and O–H groups in total. The Labute approximate surface area is 172 Å². The average Bonchev–Trinajstić information content (AvgIpc) is 3.14. The van der Waals surface area contributed by atoms with Crippen LogP contribution in [0.2, 0.25) is 0 Å². The van der Waals surface area contributed by atoms with Crippen molar-refractivity contribution in [1.82, 2.24) is 35.4 Å². The van der Waals surface area contributed by atoms with Crippen LogP contribution in [0.15, 0.2) is 23.5 Å². The number of carbonyl (C=O) groups is 3. The molecule has 2 aromatic rings. The highest BCUT2D eigenvalue weighted by molar-refractivity contribution is 5.92. The van der Waals surface area contributed by atoms with Crippen LogP contribution in [0.25, 0.3) is 0 Å². The highest BCUT2D eigenvalue weighted by atomic mass is 16.3. The van der Waals surface area contributed by atoms with Crippen LogP contribution in [0.4, 0.5) is 0 Å². The van der Waals surface area contributed by atoms with Crippen LogP contribution in [0.1, 0.15) is 42.0 Å². The monoisotopic (exact) mass is 419 g/mol. The maximum atomic E-state index is 12.3. The number of carbonyl (C=O) groups excluding carboxylic acids is 2. The van der Waals surface area contributed by atoms with Gasteiger partial charge in [-0.3, -0.25) is 23.9 Å². The van der Waals surface area contributed by atoms with Crippen LogP contribution < -0.4 is 16.2 Å². The fourth-order valence-electron chi connectivity index (χ4n) is 3.21. The Morgan fingerprint density at radius 2 is 2.00 bits per heavy atom. The van der Waals surface area contributed by atoms with Gasteiger partial charge in [-0.2, -0.15) is 5.10 Å². The molecule has 0 atom stereocenters. The summed E-state index contributed by atoms with van der Waals surface area (Å²) in [5.41, 5.74) is -0.171. The number of rotatable bonds is 6. The molecule has 1 saturated carbocycles. The average molecular weight is 419 g/mol. The smallest absolute Gasteiger partial charge is 0.290 e. The van der Waals surface area contributed by atoms with E-state index in [0.717, 1.165) is 37.7 Å². The van der Waals surface area contributed by atoms with E-state index in [-0.39, 0.29) is 41.5 Å². The van der Waals surface area contributed by atoms with E-state index in [1.54, 1.807) is 4.68 Å². The molecule has 162 valence electrons. The predicted molar refractivity (Wildman–Crippen MR) is 104 cm³/mol. The molecule has 0 unspecified atom stereocenters. The minimum Gasteiger partial charge on any atom is -0.483 e. The first-order valence-electron chi connectivity index (χ1n) is 9.48. The molecule has 12 heteroatoms. The third-order valence-corrected chi connectivity index (χ3v) is 4.79. The zero-order chi connectivity index (χ0) is 21.9. The number of nitrogens with zero attached hydrogens (tertiary/aromatic N) is 4. The SMILES string of the molecule is Cn1ncnc1CCNC(=O)C1CCC(NC(=O)c2c[nH]c(=O)cn2)CC1.O=CO. The summed E-state index contributed by atoms with van der Waals surface area (Å²) in [6.07, 6.45) is 7.42. The Morgan fingerprint density at radius 1 is 1.30 bits per heavy atom. The second-order valence-corrected chi connectivity index (χ2v) is 6.76. The van der Waals surface area contributed by atoms with Gasteiger partial charge >= 0.3 is 0 Å². The van der Waals surface area contributed by atoms with Gasteiger partial charge in [0.25, 0.3) is 17.9 Å². The van der Waals surface area contributed by atoms with Crippen LogP contribution in [0.5, 0.6) is 0 Å². The van der Waals surface area contributed by atoms with Gasteiger partial charge in [0, 0.05) is 38.2 Å². The van der Waals surface area contributed by atoms with Crippen molar-refractivity contribution in [3.05, 3.63) is 40.6 Å². The van der Waals surface area contributed by atoms with E-state index >= 15 is 0 Å². The molecule has 1 fully saturated rings. The van der Waals surface area contributed by atoms with Gasteiger partial charge in [0.1, 0.15) is 17.8 Å². The number of nitrogens with one attached hydrogen (secondary N) is 3. The van der Waals surface area contributed by atoms with Crippen molar-refractivity contribution in [3.8, 4) is 0 Å². The molecule has 2 amide bonds. The molecular formula is C18H25N7O5. The molecule has 30 heavy (non-hydrogen) atoms. The third-order valence-electron chi connectivity index (χ3n) is 4.79. The second kappa shape index (κ2) is 11.4. The Morgan fingerprint density at radius 3 is 2.57 bits per heavy atom. The number of aryl methyl sites for hydroxylation is 1. The fourth-order valence-corrected chi connectivity index (χ4v) is 3.21. The summed E-state index contributed by atoms with van der Waals surface area (Å²) in [7, 11) is 1.82. The minimum atomic E-state index is -0.350. The Bertz CT molecular complexity index is 882. The topological polar surface area (TPSA) is 172 Å². The standard InChI is InChI=1S/C17H23N7O3.CH2O2/c1-24-14(21-10-22-24)6-7-18-16(26)11-2-4-12(5-3-11)23-17(27)13-8-20-15(25)9-19-13;2-1-3/h8-12H,2-7H2,1H3,(H,18,26)(H,20,25)(H,23,27);1H,(H,2,3). The number of amides is 2. The molecule has 0 aliphatic heterocycles. The third kappa shape index (κ3) is 6.79. The van der Waals surface area contributed by atoms with Crippen molar-refractivity contribution in [3.63, 3.8) is 0 Å². The molecule has 1 aliphatic carbocycles. The first-order chi connectivity index (χ1) is 14.4. The van der Waals surface area contributed by atoms with Gasteiger partial charge in [0.05, 0.1) is 6.20 Å². The van der Waals surface area contributed by atoms with Gasteiger partial charge in [-0.1, -0.05) is 0 Å². The van der Waals surface area contributed by atoms with E-state index in [9.17, 15) is 14.4 Å². The lowest BCUT2D eigenvalue weighted by atomic mass is 9.85. The van der Waals surface area contributed by atoms with Crippen molar-refractivity contribution >= 4 is 18.3 Å². The number of aromatic nitrogens is 5. The van der Waals surface area contributed by atoms with E-state index < -0.39 is 0 Å². The Balaban J connectivity index is 0.00000101. The largest absolute Gasteiger partial charge is 0.483 e. The highest BCUT2D eigenvalue weighted by Crippen LogP contribution is 2.24. The van der Waals surface area contributed by atoms with Gasteiger partial charge in [0.2, 0.25) is 5.91 Å². The van der Waals surface area contributed by atoms with Crippen molar-refractivity contribution in [2.24, 2.45) is 13.0 Å². The van der Waals surface area contributed by atoms with E-state index in [4.69, 9.17) is 9.90 Å². The molecule has 0 radical (unpaired) electrons. The van der Waals surface area contributed by atoms with Crippen molar-refractivity contribution in [2.45, 2.75) is 38.1 Å². The lowest BCUT2D eigenvalue weighted by Crippen LogP contribution is -2.41. The van der Waals surface area contributed by atoms with Crippen LogP contribution in [-0.2, 0) is 23.1 Å². The summed E-state index contributed by atoms with van der Waals surface area (Å²) in [5, 5.41) is 16.8. The Kier molecular flexibility index (Phi) is 8.66. The first kappa shape index (κ1) is 22.7. The first-order valence-corrected chi connectivity index (χ1v) is 9.48. The van der Waals surface area contributed by atoms with Crippen molar-refractivity contribution in [2.75, 3.05) is 6.54 Å². The maximum Gasteiger partial charge on any atom is 0.290 e. The predicted octanol–water partition coefficient (Wildman–Crippen LogP) is -0.753. The summed E-state index contributed by atoms with van der Waals surface area (Å²) in [6, 6.07) is 0.00826. The normalized spacial score (nSPS) is 17.9. The molecule has 0 bridgehead atoms. The number of hydrogen-bond donors (Lipinski definition) is 4. The molecular weight excluding hydrogens is 394 g/mol. The van der Waals surface area contributed by atoms with Gasteiger partial charge in [0.15, 0.2) is 0 Å². The van der Waals surface area contributed by atoms with Crippen LogP contribution >= 0.6 is 0 Å². The van der Waals surface area contributed by atoms with Crippen molar-refractivity contribution in [1.29, 1.82) is 0 Å². The van der Waals surface area contributed by atoms with Gasteiger partial charge in [-0.05, 0) is 25.7 Å². The number of H-pyrrole nitrogens is 1. The molecule has 0 spiro atoms. The zero-order valence-electron chi connectivity index (χ0n) is 16.6. The summed E-state index contributed by atoms with van der Waals surface area (Å²) >= 11 is 0. The maximum absolute atomic E-state index is 12.3. The number of carboxylic acid groups (broad SMARTS) is 1. The summed E-state index contributed by atoms with van der Waals surface area (Å²) < 4.78 is 1.69. The van der Waals surface area contributed by atoms with Crippen LogP contribution in [-0.4, -0.2) is 60.7 Å². The summed E-state index contributed by atoms with van der Waals surface area (Å²) in [5.74, 6) is 0.522. The quantitative estimate of drug-likeness (QED) is 0.443. The van der Waals surface area contributed by atoms with Gasteiger partial charge in [-0.25, -0.2) is 9.97 Å². The summed E-state index contributed by atoms with van der Waals surface area (Å²) in [4.78, 5) is 54.2. The van der Waals surface area contributed by atoms with E-state index in [0.29, 0.717) is 13.0 Å². The van der Waals surface area contributed by atoms with Gasteiger partial charge in [-0.15, -0.1) is 0 Å². The van der Waals surface area contributed by atoms with E-state index in [2.05, 4.69) is 30.7 Å². The Hall–Kier alpha value is -3.57. The lowest BCUT2D eigenvalue weighted by Gasteiger charge is -2.28. The minimum absolute atomic E-state index is 0.00826. The molecule has 2 heterocycles. The molecule has 0 saturated heterocycles. The van der Waals surface area contributed by atoms with Crippen molar-refractivity contribution < 1.29 is 19.5 Å². The summed E-state index contributed by atoms with van der Waals surface area (Å²) in [6.45, 7) is 0.278. The fraction of sp³-hybridized carbons (Fsp3) is 0.500. The molecule has 3 rings (SSSR count). The molecule has 1 aliphatic rings. The lowest BCUT2D eigenvalue weighted by molar-refractivity contribution is -0.126. The molecule has 2 aromatic heterocycles. The van der Waals surface area contributed by atoms with Crippen LogP contribution in [0, 0.1) is 5.92 Å². The molecule has 0 aromatic carbocycles. The second-order valence-electron chi connectivity index (χ2n) is 6.76. The van der Waals surface area contributed by atoms with Crippen LogP contribution in [0.3, 0.4) is 0 Å². The zero-order valence-corrected chi connectivity index (χ0v) is 16.6. The molecule has 12 nitrogen and oxygen atoms in total. The van der Waals surface area contributed by atoms with E-state index in [1.807, 2.05) is 7.05 Å². The number of aromatic amines is 1. The number of hydrogen-bond acceptors (Lipinski definition) is 7.